The Hall–Kier alpha value is -3.08. The minimum absolute atomic E-state index is 0.0469. The zero-order valence-corrected chi connectivity index (χ0v) is 17.2. The van der Waals surface area contributed by atoms with Gasteiger partial charge in [0.1, 0.15) is 11.6 Å². The number of carbonyl (C=O) groups is 1. The molecule has 1 aromatic heterocycles. The second-order valence-corrected chi connectivity index (χ2v) is 7.08. The lowest BCUT2D eigenvalue weighted by Crippen LogP contribution is -2.22. The number of fused-ring (bicyclic) bond motifs is 1. The molecule has 0 saturated heterocycles. The van der Waals surface area contributed by atoms with E-state index in [1.165, 1.54) is 5.56 Å². The number of allylic oxidation sites excluding steroid dienone is 1. The number of hydrogen-bond acceptors (Lipinski definition) is 3. The van der Waals surface area contributed by atoms with E-state index in [1.54, 1.807) is 12.2 Å². The van der Waals surface area contributed by atoms with Crippen molar-refractivity contribution in [3.63, 3.8) is 0 Å². The normalized spacial score (nSPS) is 11.2. The molecule has 5 heteroatoms. The number of aryl methyl sites for hydroxylation is 3. The summed E-state index contributed by atoms with van der Waals surface area (Å²) in [6, 6.07) is 16.4. The Morgan fingerprint density at radius 3 is 2.86 bits per heavy atom. The van der Waals surface area contributed by atoms with Gasteiger partial charge < -0.3 is 14.6 Å². The Labute approximate surface area is 172 Å². The van der Waals surface area contributed by atoms with Crippen molar-refractivity contribution in [3.05, 3.63) is 72.1 Å². The van der Waals surface area contributed by atoms with E-state index in [-0.39, 0.29) is 5.91 Å². The van der Waals surface area contributed by atoms with Crippen LogP contribution in [0.15, 0.2) is 60.7 Å². The number of hydrogen-bond donors (Lipinski definition) is 1. The molecule has 29 heavy (non-hydrogen) atoms. The highest BCUT2D eigenvalue weighted by molar-refractivity contribution is 5.87. The van der Waals surface area contributed by atoms with Gasteiger partial charge in [0, 0.05) is 19.5 Å². The predicted molar refractivity (Wildman–Crippen MR) is 117 cm³/mol. The van der Waals surface area contributed by atoms with Gasteiger partial charge in [0.25, 0.3) is 0 Å². The first-order chi connectivity index (χ1) is 14.2. The lowest BCUT2D eigenvalue weighted by atomic mass is 10.2. The van der Waals surface area contributed by atoms with Crippen molar-refractivity contribution >= 4 is 16.9 Å². The van der Waals surface area contributed by atoms with E-state index in [9.17, 15) is 4.79 Å². The summed E-state index contributed by atoms with van der Waals surface area (Å²) in [5.41, 5.74) is 3.36. The van der Waals surface area contributed by atoms with Crippen molar-refractivity contribution < 1.29 is 9.53 Å². The van der Waals surface area contributed by atoms with Crippen molar-refractivity contribution in [2.45, 2.75) is 39.7 Å². The lowest BCUT2D eigenvalue weighted by Gasteiger charge is -2.11. The van der Waals surface area contributed by atoms with Crippen LogP contribution in [0.25, 0.3) is 11.0 Å². The third kappa shape index (κ3) is 5.95. The number of amides is 1. The van der Waals surface area contributed by atoms with Gasteiger partial charge in [-0.15, -0.1) is 0 Å². The molecule has 0 spiro atoms. The topological polar surface area (TPSA) is 56.2 Å². The number of nitrogens with one attached hydrogen (secondary N) is 1. The van der Waals surface area contributed by atoms with Gasteiger partial charge in [-0.05, 0) is 62.6 Å². The van der Waals surface area contributed by atoms with E-state index in [0.717, 1.165) is 48.4 Å². The van der Waals surface area contributed by atoms with Crippen LogP contribution in [0.2, 0.25) is 0 Å². The Morgan fingerprint density at radius 1 is 1.17 bits per heavy atom. The molecule has 3 aromatic rings. The van der Waals surface area contributed by atoms with Crippen LogP contribution in [-0.4, -0.2) is 28.6 Å². The maximum absolute atomic E-state index is 11.5. The van der Waals surface area contributed by atoms with Gasteiger partial charge in [0.15, 0.2) is 0 Å². The molecule has 1 amide bonds. The number of carbonyl (C=O) groups excluding carboxylic acids is 1. The first kappa shape index (κ1) is 20.6. The third-order valence-corrected chi connectivity index (χ3v) is 4.71. The summed E-state index contributed by atoms with van der Waals surface area (Å²) in [5.74, 6) is 1.92. The van der Waals surface area contributed by atoms with Gasteiger partial charge in [-0.3, -0.25) is 4.79 Å². The van der Waals surface area contributed by atoms with Crippen molar-refractivity contribution in [1.82, 2.24) is 14.9 Å². The van der Waals surface area contributed by atoms with Crippen LogP contribution in [0.3, 0.4) is 0 Å². The standard InChI is InChI=1S/C24H29N3O2/c1-3-9-24(28)25-15-7-14-23-26-21-12-4-5-13-22(21)27(23)16-8-17-29-20-11-6-10-19(2)18-20/h3-6,9-13,18H,7-8,14-17H2,1-2H3,(H,25,28)/b9-3-. The third-order valence-electron chi connectivity index (χ3n) is 4.71. The summed E-state index contributed by atoms with van der Waals surface area (Å²) in [7, 11) is 0. The minimum Gasteiger partial charge on any atom is -0.494 e. The Balaban J connectivity index is 1.58. The molecule has 0 aliphatic rings. The molecule has 0 aliphatic heterocycles. The molecule has 152 valence electrons. The van der Waals surface area contributed by atoms with Crippen molar-refractivity contribution in [2.75, 3.05) is 13.2 Å². The number of para-hydroxylation sites is 2. The van der Waals surface area contributed by atoms with Crippen LogP contribution in [0.1, 0.15) is 31.2 Å². The van der Waals surface area contributed by atoms with Gasteiger partial charge in [0.05, 0.1) is 17.6 Å². The van der Waals surface area contributed by atoms with E-state index < -0.39 is 0 Å². The maximum atomic E-state index is 11.5. The lowest BCUT2D eigenvalue weighted by molar-refractivity contribution is -0.116. The first-order valence-corrected chi connectivity index (χ1v) is 10.2. The SMILES string of the molecule is C/C=C\C(=O)NCCCc1nc2ccccc2n1CCCOc1cccc(C)c1. The van der Waals surface area contributed by atoms with Crippen LogP contribution < -0.4 is 10.1 Å². The molecule has 0 saturated carbocycles. The summed E-state index contributed by atoms with van der Waals surface area (Å²) in [4.78, 5) is 16.4. The highest BCUT2D eigenvalue weighted by Crippen LogP contribution is 2.18. The molecule has 0 bridgehead atoms. The quantitative estimate of drug-likeness (QED) is 0.411. The monoisotopic (exact) mass is 391 g/mol. The molecule has 5 nitrogen and oxygen atoms in total. The number of aromatic nitrogens is 2. The smallest absolute Gasteiger partial charge is 0.243 e. The van der Waals surface area contributed by atoms with Crippen LogP contribution in [-0.2, 0) is 17.8 Å². The maximum Gasteiger partial charge on any atom is 0.243 e. The molecule has 3 rings (SSSR count). The van der Waals surface area contributed by atoms with Gasteiger partial charge >= 0.3 is 0 Å². The predicted octanol–water partition coefficient (Wildman–Crippen LogP) is 4.44. The van der Waals surface area contributed by atoms with E-state index in [2.05, 4.69) is 35.0 Å². The number of imidazole rings is 1. The summed E-state index contributed by atoms with van der Waals surface area (Å²) in [6.45, 7) is 6.06. The first-order valence-electron chi connectivity index (χ1n) is 10.2. The molecule has 1 N–H and O–H groups in total. The fraction of sp³-hybridized carbons (Fsp3) is 0.333. The van der Waals surface area contributed by atoms with Crippen molar-refractivity contribution in [2.24, 2.45) is 0 Å². The van der Waals surface area contributed by atoms with Crippen LogP contribution in [0.4, 0.5) is 0 Å². The average molecular weight is 392 g/mol. The Morgan fingerprint density at radius 2 is 2.03 bits per heavy atom. The zero-order valence-electron chi connectivity index (χ0n) is 17.2. The zero-order chi connectivity index (χ0) is 20.5. The van der Waals surface area contributed by atoms with E-state index in [4.69, 9.17) is 9.72 Å². The second-order valence-electron chi connectivity index (χ2n) is 7.08. The second kappa shape index (κ2) is 10.5. The largest absolute Gasteiger partial charge is 0.494 e. The number of ether oxygens (including phenoxy) is 1. The summed E-state index contributed by atoms with van der Waals surface area (Å²) < 4.78 is 8.18. The highest BCUT2D eigenvalue weighted by Gasteiger charge is 2.10. The molecule has 1 heterocycles. The Kier molecular flexibility index (Phi) is 7.45. The van der Waals surface area contributed by atoms with E-state index in [0.29, 0.717) is 13.2 Å². The van der Waals surface area contributed by atoms with Gasteiger partial charge in [-0.25, -0.2) is 4.98 Å². The summed E-state index contributed by atoms with van der Waals surface area (Å²) >= 11 is 0. The van der Waals surface area contributed by atoms with Crippen LogP contribution in [0.5, 0.6) is 5.75 Å². The van der Waals surface area contributed by atoms with Crippen LogP contribution >= 0.6 is 0 Å². The number of rotatable bonds is 10. The van der Waals surface area contributed by atoms with Gasteiger partial charge in [-0.1, -0.05) is 30.3 Å². The fourth-order valence-corrected chi connectivity index (χ4v) is 3.35. The molecule has 0 radical (unpaired) electrons. The molecular formula is C24H29N3O2. The molecular weight excluding hydrogens is 362 g/mol. The van der Waals surface area contributed by atoms with Crippen LogP contribution in [0, 0.1) is 6.92 Å². The van der Waals surface area contributed by atoms with E-state index in [1.807, 2.05) is 37.3 Å². The minimum atomic E-state index is -0.0469. The average Bonchev–Trinajstić information content (AvgIpc) is 3.06. The molecule has 0 aliphatic carbocycles. The fourth-order valence-electron chi connectivity index (χ4n) is 3.35. The van der Waals surface area contributed by atoms with E-state index >= 15 is 0 Å². The number of benzene rings is 2. The van der Waals surface area contributed by atoms with Gasteiger partial charge in [0.2, 0.25) is 5.91 Å². The summed E-state index contributed by atoms with van der Waals surface area (Å²) in [5, 5.41) is 2.90. The number of nitrogens with zero attached hydrogens (tertiary/aromatic N) is 2. The Bertz CT molecular complexity index is 975. The molecule has 0 fully saturated rings. The molecule has 0 atom stereocenters. The van der Waals surface area contributed by atoms with Gasteiger partial charge in [-0.2, -0.15) is 0 Å². The highest BCUT2D eigenvalue weighted by atomic mass is 16.5. The van der Waals surface area contributed by atoms with Crippen molar-refractivity contribution in [1.29, 1.82) is 0 Å². The van der Waals surface area contributed by atoms with Crippen molar-refractivity contribution in [3.8, 4) is 5.75 Å². The molecule has 2 aromatic carbocycles. The summed E-state index contributed by atoms with van der Waals surface area (Å²) in [6.07, 6.45) is 5.87. The molecule has 0 unspecified atom stereocenters.